The summed E-state index contributed by atoms with van der Waals surface area (Å²) >= 11 is 0. The Kier molecular flexibility index (Phi) is 3.39. The molecule has 1 aliphatic carbocycles. The van der Waals surface area contributed by atoms with Crippen LogP contribution < -0.4 is 0 Å². The van der Waals surface area contributed by atoms with E-state index in [-0.39, 0.29) is 5.57 Å². The zero-order valence-corrected chi connectivity index (χ0v) is 8.77. The first-order valence-electron chi connectivity index (χ1n) is 4.24. The molecule has 0 bridgehead atoms. The molecule has 0 atom stereocenters. The van der Waals surface area contributed by atoms with E-state index in [2.05, 4.69) is 4.74 Å². The van der Waals surface area contributed by atoms with Gasteiger partial charge in [-0.2, -0.15) is 0 Å². The van der Waals surface area contributed by atoms with Gasteiger partial charge in [0.05, 0.1) is 7.11 Å². The number of carbonyl (C=O) groups is 2. The predicted octanol–water partition coefficient (Wildman–Crippen LogP) is 0.214. The van der Waals surface area contributed by atoms with Crippen molar-refractivity contribution in [3.63, 3.8) is 0 Å². The number of hydrogen-bond donors (Lipinski definition) is 0. The van der Waals surface area contributed by atoms with Gasteiger partial charge in [0.1, 0.15) is 5.57 Å². The zero-order chi connectivity index (χ0) is 11.5. The molecule has 82 valence electrons. The smallest absolute Gasteiger partial charge is 0.339 e. The standard InChI is InChI=1S/C10H12O5/c1-13-9(12)7-5-4-6-8(11)10(7,14-2)15-3/h4-6H,1-3H3. The second kappa shape index (κ2) is 4.37. The van der Waals surface area contributed by atoms with Gasteiger partial charge in [0.25, 0.3) is 5.79 Å². The Morgan fingerprint density at radius 2 is 1.87 bits per heavy atom. The van der Waals surface area contributed by atoms with Gasteiger partial charge in [-0.3, -0.25) is 4.79 Å². The average Bonchev–Trinajstić information content (AvgIpc) is 2.28. The highest BCUT2D eigenvalue weighted by atomic mass is 16.7. The van der Waals surface area contributed by atoms with Crippen molar-refractivity contribution in [2.24, 2.45) is 0 Å². The Morgan fingerprint density at radius 1 is 1.27 bits per heavy atom. The van der Waals surface area contributed by atoms with Gasteiger partial charge in [-0.25, -0.2) is 4.79 Å². The van der Waals surface area contributed by atoms with Crippen molar-refractivity contribution in [1.29, 1.82) is 0 Å². The van der Waals surface area contributed by atoms with Gasteiger partial charge < -0.3 is 14.2 Å². The number of ether oxygens (including phenoxy) is 3. The molecule has 0 radical (unpaired) electrons. The predicted molar refractivity (Wildman–Crippen MR) is 51.0 cm³/mol. The summed E-state index contributed by atoms with van der Waals surface area (Å²) in [5.74, 6) is -2.78. The third kappa shape index (κ3) is 1.71. The minimum absolute atomic E-state index is 0.0301. The molecule has 0 spiro atoms. The summed E-state index contributed by atoms with van der Waals surface area (Å²) in [6.07, 6.45) is 4.16. The lowest BCUT2D eigenvalue weighted by molar-refractivity contribution is -0.190. The molecule has 1 rings (SSSR count). The molecule has 0 fully saturated rings. The van der Waals surface area contributed by atoms with Gasteiger partial charge in [-0.05, 0) is 12.2 Å². The highest BCUT2D eigenvalue weighted by molar-refractivity contribution is 6.08. The van der Waals surface area contributed by atoms with E-state index >= 15 is 0 Å². The lowest BCUT2D eigenvalue weighted by atomic mass is 9.96. The maximum Gasteiger partial charge on any atom is 0.339 e. The molecular weight excluding hydrogens is 200 g/mol. The Hall–Kier alpha value is -1.46. The molecule has 0 amide bonds. The lowest BCUT2D eigenvalue weighted by Crippen LogP contribution is -2.47. The fraction of sp³-hybridized carbons (Fsp3) is 0.400. The van der Waals surface area contributed by atoms with Crippen LogP contribution in [0.25, 0.3) is 0 Å². The second-order valence-electron chi connectivity index (χ2n) is 2.82. The summed E-state index contributed by atoms with van der Waals surface area (Å²) in [5.41, 5.74) is 0.0301. The van der Waals surface area contributed by atoms with Gasteiger partial charge in [0.15, 0.2) is 0 Å². The van der Waals surface area contributed by atoms with Crippen LogP contribution in [0, 0.1) is 0 Å². The van der Waals surface area contributed by atoms with E-state index in [0.29, 0.717) is 0 Å². The van der Waals surface area contributed by atoms with Gasteiger partial charge in [-0.1, -0.05) is 6.08 Å². The SMILES string of the molecule is COC(=O)C1=CC=CC(=O)C1(OC)OC. The minimum atomic E-state index is -1.68. The molecule has 0 unspecified atom stereocenters. The van der Waals surface area contributed by atoms with Crippen LogP contribution in [-0.2, 0) is 23.8 Å². The van der Waals surface area contributed by atoms with Gasteiger partial charge in [0, 0.05) is 14.2 Å². The zero-order valence-electron chi connectivity index (χ0n) is 8.77. The summed E-state index contributed by atoms with van der Waals surface area (Å²) in [7, 11) is 3.80. The summed E-state index contributed by atoms with van der Waals surface area (Å²) in [6.45, 7) is 0. The molecule has 0 aromatic heterocycles. The van der Waals surface area contributed by atoms with Crippen LogP contribution in [0.3, 0.4) is 0 Å². The fourth-order valence-electron chi connectivity index (χ4n) is 1.40. The summed E-state index contributed by atoms with van der Waals surface area (Å²) in [6, 6.07) is 0. The van der Waals surface area contributed by atoms with E-state index in [1.165, 1.54) is 39.6 Å². The van der Waals surface area contributed by atoms with Crippen LogP contribution in [0.5, 0.6) is 0 Å². The Labute approximate surface area is 87.3 Å². The first kappa shape index (κ1) is 11.6. The number of ketones is 1. The van der Waals surface area contributed by atoms with E-state index in [1.54, 1.807) is 0 Å². The molecule has 5 heteroatoms. The van der Waals surface area contributed by atoms with Crippen molar-refractivity contribution in [2.45, 2.75) is 5.79 Å². The Morgan fingerprint density at radius 3 is 2.33 bits per heavy atom. The molecular formula is C10H12O5. The second-order valence-corrected chi connectivity index (χ2v) is 2.82. The highest BCUT2D eigenvalue weighted by Crippen LogP contribution is 2.28. The number of hydrogen-bond acceptors (Lipinski definition) is 5. The molecule has 0 aromatic rings. The Bertz CT molecular complexity index is 336. The van der Waals surface area contributed by atoms with Crippen molar-refractivity contribution in [3.05, 3.63) is 23.8 Å². The van der Waals surface area contributed by atoms with Crippen molar-refractivity contribution in [2.75, 3.05) is 21.3 Å². The van der Waals surface area contributed by atoms with E-state index < -0.39 is 17.5 Å². The minimum Gasteiger partial charge on any atom is -0.465 e. The first-order chi connectivity index (χ1) is 7.12. The number of rotatable bonds is 3. The van der Waals surface area contributed by atoms with Crippen molar-refractivity contribution in [1.82, 2.24) is 0 Å². The van der Waals surface area contributed by atoms with E-state index in [4.69, 9.17) is 9.47 Å². The van der Waals surface area contributed by atoms with Crippen molar-refractivity contribution in [3.8, 4) is 0 Å². The normalized spacial score (nSPS) is 18.6. The van der Waals surface area contributed by atoms with E-state index in [1.807, 2.05) is 0 Å². The maximum absolute atomic E-state index is 11.6. The topological polar surface area (TPSA) is 61.8 Å². The van der Waals surface area contributed by atoms with Crippen LogP contribution in [0.2, 0.25) is 0 Å². The summed E-state index contributed by atoms with van der Waals surface area (Å²) < 4.78 is 14.5. The van der Waals surface area contributed by atoms with Crippen molar-refractivity contribution >= 4 is 11.8 Å². The third-order valence-corrected chi connectivity index (χ3v) is 2.17. The highest BCUT2D eigenvalue weighted by Gasteiger charge is 2.46. The number of allylic oxidation sites excluding steroid dienone is 2. The molecule has 0 heterocycles. The van der Waals surface area contributed by atoms with Gasteiger partial charge in [0.2, 0.25) is 5.78 Å². The van der Waals surface area contributed by atoms with E-state index in [9.17, 15) is 9.59 Å². The van der Waals surface area contributed by atoms with Gasteiger partial charge >= 0.3 is 5.97 Å². The monoisotopic (exact) mass is 212 g/mol. The van der Waals surface area contributed by atoms with Crippen LogP contribution in [-0.4, -0.2) is 38.9 Å². The first-order valence-corrected chi connectivity index (χ1v) is 4.24. The molecule has 0 N–H and O–H groups in total. The largest absolute Gasteiger partial charge is 0.465 e. The molecule has 15 heavy (non-hydrogen) atoms. The number of carbonyl (C=O) groups excluding carboxylic acids is 2. The summed E-state index contributed by atoms with van der Waals surface area (Å²) in [5, 5.41) is 0. The molecule has 0 saturated carbocycles. The van der Waals surface area contributed by atoms with Crippen LogP contribution in [0.15, 0.2) is 23.8 Å². The van der Waals surface area contributed by atoms with Gasteiger partial charge in [-0.15, -0.1) is 0 Å². The third-order valence-electron chi connectivity index (χ3n) is 2.17. The molecule has 5 nitrogen and oxygen atoms in total. The number of methoxy groups -OCH3 is 3. The average molecular weight is 212 g/mol. The Balaban J connectivity index is 3.20. The van der Waals surface area contributed by atoms with Crippen LogP contribution in [0.4, 0.5) is 0 Å². The number of esters is 1. The van der Waals surface area contributed by atoms with Crippen LogP contribution in [0.1, 0.15) is 0 Å². The maximum atomic E-state index is 11.6. The summed E-state index contributed by atoms with van der Waals surface area (Å²) in [4.78, 5) is 23.0. The fourth-order valence-corrected chi connectivity index (χ4v) is 1.40. The molecule has 0 saturated heterocycles. The van der Waals surface area contributed by atoms with E-state index in [0.717, 1.165) is 0 Å². The van der Waals surface area contributed by atoms with Crippen molar-refractivity contribution < 1.29 is 23.8 Å². The molecule has 0 aliphatic heterocycles. The molecule has 1 aliphatic rings. The molecule has 0 aromatic carbocycles. The lowest BCUT2D eigenvalue weighted by Gasteiger charge is -2.30. The van der Waals surface area contributed by atoms with Crippen LogP contribution >= 0.6 is 0 Å². The quantitative estimate of drug-likeness (QED) is 0.494.